The summed E-state index contributed by atoms with van der Waals surface area (Å²) in [6.45, 7) is 4.14. The van der Waals surface area contributed by atoms with Crippen LogP contribution in [0, 0.1) is 0 Å². The third-order valence-corrected chi connectivity index (χ3v) is 17.6. The predicted octanol–water partition coefficient (Wildman–Crippen LogP) is 25.3. The molecule has 0 radical (unpaired) electrons. The molecule has 0 spiro atoms. The Morgan fingerprint density at radius 2 is 0.606 bits per heavy atom. The van der Waals surface area contributed by atoms with Gasteiger partial charge in [0.25, 0.3) is 7.82 Å². The molecule has 0 amide bonds. The highest BCUT2D eigenvalue weighted by Gasteiger charge is 2.22. The normalized spacial score (nSPS) is 13.8. The molecule has 0 rings (SSSR count). The number of carbonyl (C=O) groups excluding carboxylic acids is 2. The average molecular weight is 1330 g/mol. The van der Waals surface area contributed by atoms with Crippen molar-refractivity contribution >= 4 is 19.8 Å². The summed E-state index contributed by atoms with van der Waals surface area (Å²) in [5, 5.41) is 0. The van der Waals surface area contributed by atoms with Crippen molar-refractivity contribution in [2.24, 2.45) is 0 Å². The van der Waals surface area contributed by atoms with Crippen molar-refractivity contribution in [2.75, 3.05) is 47.5 Å². The van der Waals surface area contributed by atoms with Gasteiger partial charge in [0.1, 0.15) is 19.8 Å². The first-order valence-corrected chi connectivity index (χ1v) is 40.4. The predicted molar refractivity (Wildman–Crippen MR) is 406 cm³/mol. The fourth-order valence-electron chi connectivity index (χ4n) is 10.7. The van der Waals surface area contributed by atoms with Crippen LogP contribution in [0.3, 0.4) is 0 Å². The Bertz CT molecular complexity index is 2050. The van der Waals surface area contributed by atoms with E-state index in [1.165, 1.54) is 199 Å². The maximum Gasteiger partial charge on any atom is 0.306 e. The second-order valence-corrected chi connectivity index (χ2v) is 28.4. The van der Waals surface area contributed by atoms with E-state index in [2.05, 4.69) is 148 Å². The maximum absolute atomic E-state index is 12.9. The molecule has 10 heteroatoms. The highest BCUT2D eigenvalue weighted by molar-refractivity contribution is 7.45. The number of carbonyl (C=O) groups is 2. The lowest BCUT2D eigenvalue weighted by atomic mass is 10.0. The number of allylic oxidation sites excluding steroid dienone is 22. The number of unbranched alkanes of at least 4 members (excludes halogenated alkanes) is 35. The molecule has 0 saturated heterocycles. The van der Waals surface area contributed by atoms with Crippen LogP contribution < -0.4 is 4.89 Å². The number of phosphoric acid groups is 1. The Morgan fingerprint density at radius 3 is 0.904 bits per heavy atom. The quantitative estimate of drug-likeness (QED) is 0.0195. The molecule has 0 bridgehead atoms. The SMILES string of the molecule is CC/C=C\C/C=C\C/C=C\C/C=C\C/C=C\C/C=C\C/C=C\C/C=C\CCCCCCCCCCCCCCCCC(=O)OC(COC(=O)CCCCCCCCCCCCCCCCCC/C=C\C/C=C\C/C=C\CCCCCCC)COP(=O)([O-])OCC[N+](C)(C)C. The minimum absolute atomic E-state index is 0.0346. The largest absolute Gasteiger partial charge is 0.756 e. The molecule has 0 aliphatic rings. The Hall–Kier alpha value is -3.85. The number of hydrogen-bond acceptors (Lipinski definition) is 8. The summed E-state index contributed by atoms with van der Waals surface area (Å²) < 4.78 is 34.4. The average Bonchev–Trinajstić information content (AvgIpc) is 1.56. The zero-order valence-electron chi connectivity index (χ0n) is 61.6. The first kappa shape index (κ1) is 90.2. The summed E-state index contributed by atoms with van der Waals surface area (Å²) in [5.74, 6) is -0.828. The Kier molecular flexibility index (Phi) is 70.4. The molecule has 9 nitrogen and oxygen atoms in total. The third kappa shape index (κ3) is 77.2. The second-order valence-electron chi connectivity index (χ2n) is 27.0. The number of hydrogen-bond donors (Lipinski definition) is 0. The first-order chi connectivity index (χ1) is 46.0. The summed E-state index contributed by atoms with van der Waals surface area (Å²) >= 11 is 0. The fraction of sp³-hybridized carbons (Fsp3) is 0.714. The van der Waals surface area contributed by atoms with E-state index < -0.39 is 26.5 Å². The molecule has 0 N–H and O–H groups in total. The molecule has 0 aromatic carbocycles. The van der Waals surface area contributed by atoms with E-state index in [-0.39, 0.29) is 32.0 Å². The molecule has 0 aliphatic heterocycles. The van der Waals surface area contributed by atoms with Crippen LogP contribution in [-0.4, -0.2) is 70.0 Å². The van der Waals surface area contributed by atoms with Gasteiger partial charge in [-0.2, -0.15) is 0 Å². The standard InChI is InChI=1S/C84H146NO8P/c1-6-8-10-12-14-16-18-20-22-24-26-28-30-32-34-36-38-39-40-41-42-43-44-45-47-49-51-53-55-57-59-61-63-65-67-69-71-73-75-77-84(87)93-82(81-92-94(88,89)91-79-78-85(3,4)5)80-90-83(86)76-74-72-70-68-66-64-62-60-58-56-54-52-50-48-46-37-35-33-31-29-27-25-23-21-19-17-15-13-11-9-7-2/h8,10,14,16,19-22,25-28,31-34,38-39,41-42,44-45,82H,6-7,9,11-13,15,17-18,23-24,29-30,35-37,40,43,46-81H2,1-5H3/b10-8-,16-14-,21-19-,22-20-,27-25-,28-26-,33-31-,34-32-,39-38-,42-41-,45-44-. The molecular weight excluding hydrogens is 1180 g/mol. The summed E-state index contributed by atoms with van der Waals surface area (Å²) in [5.41, 5.74) is 0. The van der Waals surface area contributed by atoms with E-state index in [0.29, 0.717) is 17.4 Å². The fourth-order valence-corrected chi connectivity index (χ4v) is 11.5. The van der Waals surface area contributed by atoms with Crippen LogP contribution in [0.2, 0.25) is 0 Å². The van der Waals surface area contributed by atoms with Crippen LogP contribution in [0.25, 0.3) is 0 Å². The van der Waals surface area contributed by atoms with E-state index in [1.807, 2.05) is 21.1 Å². The van der Waals surface area contributed by atoms with Gasteiger partial charge in [-0.25, -0.2) is 0 Å². The molecule has 2 unspecified atom stereocenters. The minimum Gasteiger partial charge on any atom is -0.756 e. The third-order valence-electron chi connectivity index (χ3n) is 16.7. The lowest BCUT2D eigenvalue weighted by molar-refractivity contribution is -0.870. The van der Waals surface area contributed by atoms with Crippen molar-refractivity contribution in [3.63, 3.8) is 0 Å². The monoisotopic (exact) mass is 1330 g/mol. The van der Waals surface area contributed by atoms with E-state index in [1.54, 1.807) is 0 Å². The zero-order valence-corrected chi connectivity index (χ0v) is 62.5. The smallest absolute Gasteiger partial charge is 0.306 e. The molecule has 0 aromatic rings. The summed E-state index contributed by atoms with van der Waals surface area (Å²) in [6.07, 6.45) is 107. The first-order valence-electron chi connectivity index (χ1n) is 38.9. The molecule has 0 aromatic heterocycles. The van der Waals surface area contributed by atoms with E-state index in [9.17, 15) is 19.0 Å². The van der Waals surface area contributed by atoms with Crippen LogP contribution in [0.5, 0.6) is 0 Å². The minimum atomic E-state index is -4.65. The Labute approximate surface area is 581 Å². The molecular formula is C84H146NO8P. The maximum atomic E-state index is 12.9. The van der Waals surface area contributed by atoms with E-state index in [0.717, 1.165) is 103 Å². The van der Waals surface area contributed by atoms with Gasteiger partial charge in [0.05, 0.1) is 27.7 Å². The summed E-state index contributed by atoms with van der Waals surface area (Å²) in [7, 11) is 1.17. The molecule has 540 valence electrons. The zero-order chi connectivity index (χ0) is 68.3. The number of likely N-dealkylation sites (N-methyl/N-ethyl adjacent to an activating group) is 1. The molecule has 0 heterocycles. The van der Waals surface area contributed by atoms with Gasteiger partial charge in [-0.15, -0.1) is 0 Å². The Balaban J connectivity index is 4.01. The van der Waals surface area contributed by atoms with Gasteiger partial charge in [-0.1, -0.05) is 340 Å². The van der Waals surface area contributed by atoms with E-state index >= 15 is 0 Å². The summed E-state index contributed by atoms with van der Waals surface area (Å²) in [4.78, 5) is 38.2. The number of esters is 2. The lowest BCUT2D eigenvalue weighted by Gasteiger charge is -2.28. The number of phosphoric ester groups is 1. The van der Waals surface area contributed by atoms with Crippen molar-refractivity contribution in [3.8, 4) is 0 Å². The number of quaternary nitrogens is 1. The van der Waals surface area contributed by atoms with Gasteiger partial charge in [-0.3, -0.25) is 14.2 Å². The Morgan fingerprint density at radius 1 is 0.340 bits per heavy atom. The van der Waals surface area contributed by atoms with Gasteiger partial charge in [0, 0.05) is 12.8 Å². The number of nitrogens with zero attached hydrogens (tertiary/aromatic N) is 1. The molecule has 94 heavy (non-hydrogen) atoms. The number of rotatable bonds is 71. The van der Waals surface area contributed by atoms with Gasteiger partial charge < -0.3 is 27.9 Å². The van der Waals surface area contributed by atoms with Crippen molar-refractivity contribution in [1.82, 2.24) is 0 Å². The highest BCUT2D eigenvalue weighted by Crippen LogP contribution is 2.38. The van der Waals surface area contributed by atoms with Crippen LogP contribution in [0.15, 0.2) is 134 Å². The molecule has 0 aliphatic carbocycles. The van der Waals surface area contributed by atoms with Crippen LogP contribution >= 0.6 is 7.82 Å². The van der Waals surface area contributed by atoms with Gasteiger partial charge in [-0.05, 0) is 116 Å². The molecule has 2 atom stereocenters. The van der Waals surface area contributed by atoms with E-state index in [4.69, 9.17) is 18.5 Å². The summed E-state index contributed by atoms with van der Waals surface area (Å²) in [6, 6.07) is 0. The van der Waals surface area contributed by atoms with Gasteiger partial charge >= 0.3 is 11.9 Å². The van der Waals surface area contributed by atoms with Gasteiger partial charge in [0.15, 0.2) is 6.10 Å². The topological polar surface area (TPSA) is 111 Å². The van der Waals surface area contributed by atoms with Crippen molar-refractivity contribution < 1.29 is 42.1 Å². The molecule has 0 fully saturated rings. The number of ether oxygens (including phenoxy) is 2. The van der Waals surface area contributed by atoms with Crippen molar-refractivity contribution in [3.05, 3.63) is 134 Å². The van der Waals surface area contributed by atoms with Crippen LogP contribution in [-0.2, 0) is 32.7 Å². The van der Waals surface area contributed by atoms with Gasteiger partial charge in [0.2, 0.25) is 0 Å². The lowest BCUT2D eigenvalue weighted by Crippen LogP contribution is -2.37. The highest BCUT2D eigenvalue weighted by atomic mass is 31.2. The molecule has 0 saturated carbocycles. The van der Waals surface area contributed by atoms with Crippen molar-refractivity contribution in [2.45, 2.75) is 341 Å². The van der Waals surface area contributed by atoms with Crippen molar-refractivity contribution in [1.29, 1.82) is 0 Å². The second kappa shape index (κ2) is 73.4. The van der Waals surface area contributed by atoms with Crippen LogP contribution in [0.1, 0.15) is 335 Å². The van der Waals surface area contributed by atoms with Crippen LogP contribution in [0.4, 0.5) is 0 Å².